The van der Waals surface area contributed by atoms with Crippen molar-refractivity contribution in [2.75, 3.05) is 11.9 Å². The summed E-state index contributed by atoms with van der Waals surface area (Å²) in [5.74, 6) is 0.0139. The van der Waals surface area contributed by atoms with Crippen molar-refractivity contribution < 1.29 is 4.79 Å². The van der Waals surface area contributed by atoms with Crippen LogP contribution in [0.5, 0.6) is 0 Å². The highest BCUT2D eigenvalue weighted by atomic mass is 79.9. The van der Waals surface area contributed by atoms with Crippen molar-refractivity contribution in [1.82, 2.24) is 0 Å². The van der Waals surface area contributed by atoms with E-state index in [1.165, 1.54) is 0 Å². The van der Waals surface area contributed by atoms with Gasteiger partial charge in [0.1, 0.15) is 0 Å². The fourth-order valence-electron chi connectivity index (χ4n) is 2.04. The topological polar surface area (TPSA) is 55.1 Å². The number of nitrogens with one attached hydrogen (secondary N) is 1. The highest BCUT2D eigenvalue weighted by Crippen LogP contribution is 2.42. The molecule has 1 aromatic rings. The molecule has 1 aromatic carbocycles. The van der Waals surface area contributed by atoms with Crippen LogP contribution in [0.1, 0.15) is 19.3 Å². The summed E-state index contributed by atoms with van der Waals surface area (Å²) in [6.07, 6.45) is 2.83. The minimum absolute atomic E-state index is 0.0139. The first-order valence-electron chi connectivity index (χ1n) is 5.64. The van der Waals surface area contributed by atoms with E-state index in [0.29, 0.717) is 6.54 Å². The summed E-state index contributed by atoms with van der Waals surface area (Å²) in [7, 11) is 0. The zero-order valence-corrected chi connectivity index (χ0v) is 14.4. The van der Waals surface area contributed by atoms with E-state index in [-0.39, 0.29) is 11.3 Å². The second kappa shape index (κ2) is 5.61. The number of amides is 1. The van der Waals surface area contributed by atoms with E-state index in [1.807, 2.05) is 12.1 Å². The molecule has 0 atom stereocenters. The van der Waals surface area contributed by atoms with Gasteiger partial charge >= 0.3 is 0 Å². The molecule has 0 aromatic heterocycles. The van der Waals surface area contributed by atoms with Crippen LogP contribution in [0.4, 0.5) is 5.69 Å². The van der Waals surface area contributed by atoms with Crippen molar-refractivity contribution in [3.05, 3.63) is 25.6 Å². The van der Waals surface area contributed by atoms with Gasteiger partial charge in [0, 0.05) is 20.0 Å². The van der Waals surface area contributed by atoms with Gasteiger partial charge in [0.2, 0.25) is 5.91 Å². The lowest BCUT2D eigenvalue weighted by Gasteiger charge is -2.39. The lowest BCUT2D eigenvalue weighted by Crippen LogP contribution is -2.47. The molecule has 3 N–H and O–H groups in total. The number of hydrogen-bond donors (Lipinski definition) is 2. The summed E-state index contributed by atoms with van der Waals surface area (Å²) in [6.45, 7) is 0.407. The maximum absolute atomic E-state index is 12.3. The number of rotatable bonds is 3. The highest BCUT2D eigenvalue weighted by molar-refractivity contribution is 9.11. The normalized spacial score (nSPS) is 17.1. The van der Waals surface area contributed by atoms with Crippen LogP contribution in [0.3, 0.4) is 0 Å². The molecule has 0 heterocycles. The minimum Gasteiger partial charge on any atom is -0.329 e. The van der Waals surface area contributed by atoms with Gasteiger partial charge in [-0.05, 0) is 56.8 Å². The Labute approximate surface area is 131 Å². The van der Waals surface area contributed by atoms with E-state index < -0.39 is 0 Å². The van der Waals surface area contributed by atoms with Gasteiger partial charge in [-0.1, -0.05) is 22.4 Å². The van der Waals surface area contributed by atoms with E-state index >= 15 is 0 Å². The molecule has 1 amide bonds. The Morgan fingerprint density at radius 1 is 1.28 bits per heavy atom. The van der Waals surface area contributed by atoms with E-state index in [1.54, 1.807) is 0 Å². The van der Waals surface area contributed by atoms with Gasteiger partial charge in [-0.3, -0.25) is 4.79 Å². The first-order chi connectivity index (χ1) is 8.48. The predicted molar refractivity (Wildman–Crippen MR) is 83.5 cm³/mol. The summed E-state index contributed by atoms with van der Waals surface area (Å²) in [5, 5.41) is 2.97. The molecule has 0 unspecified atom stereocenters. The van der Waals surface area contributed by atoms with Gasteiger partial charge in [-0.25, -0.2) is 0 Å². The molecule has 2 rings (SSSR count). The number of benzene rings is 1. The van der Waals surface area contributed by atoms with E-state index in [2.05, 4.69) is 53.1 Å². The van der Waals surface area contributed by atoms with Gasteiger partial charge < -0.3 is 11.1 Å². The van der Waals surface area contributed by atoms with Gasteiger partial charge in [0.25, 0.3) is 0 Å². The summed E-state index contributed by atoms with van der Waals surface area (Å²) < 4.78 is 2.61. The number of hydrogen-bond acceptors (Lipinski definition) is 2. The SMILES string of the molecule is NCC1(C(=O)Nc2c(Br)cc(Br)cc2Br)CCC1. The number of carbonyl (C=O) groups is 1. The molecule has 6 heteroatoms. The highest BCUT2D eigenvalue weighted by Gasteiger charge is 2.43. The summed E-state index contributed by atoms with van der Waals surface area (Å²) >= 11 is 10.3. The fraction of sp³-hybridized carbons (Fsp3) is 0.417. The second-order valence-corrected chi connectivity index (χ2v) is 7.16. The molecule has 1 aliphatic rings. The second-order valence-electron chi connectivity index (χ2n) is 4.54. The summed E-state index contributed by atoms with van der Waals surface area (Å²) in [4.78, 5) is 12.3. The van der Waals surface area contributed by atoms with Crippen LogP contribution in [0.2, 0.25) is 0 Å². The first kappa shape index (κ1) is 14.5. The van der Waals surface area contributed by atoms with Crippen molar-refractivity contribution in [1.29, 1.82) is 0 Å². The predicted octanol–water partition coefficient (Wildman–Crippen LogP) is 4.04. The molecule has 0 bridgehead atoms. The smallest absolute Gasteiger partial charge is 0.231 e. The fourth-order valence-corrected chi connectivity index (χ4v) is 4.49. The molecular formula is C12H13Br3N2O. The molecule has 1 saturated carbocycles. The van der Waals surface area contributed by atoms with Crippen LogP contribution in [0, 0.1) is 5.41 Å². The monoisotopic (exact) mass is 438 g/mol. The Morgan fingerprint density at radius 3 is 2.22 bits per heavy atom. The minimum atomic E-state index is -0.369. The van der Waals surface area contributed by atoms with Crippen LogP contribution in [-0.2, 0) is 4.79 Å². The van der Waals surface area contributed by atoms with Gasteiger partial charge in [0.05, 0.1) is 11.1 Å². The van der Waals surface area contributed by atoms with Crippen molar-refractivity contribution in [3.8, 4) is 0 Å². The lowest BCUT2D eigenvalue weighted by molar-refractivity contribution is -0.129. The van der Waals surface area contributed by atoms with E-state index in [0.717, 1.165) is 38.4 Å². The first-order valence-corrected chi connectivity index (χ1v) is 8.02. The largest absolute Gasteiger partial charge is 0.329 e. The van der Waals surface area contributed by atoms with Crippen molar-refractivity contribution in [3.63, 3.8) is 0 Å². The van der Waals surface area contributed by atoms with Crippen LogP contribution in [0.15, 0.2) is 25.6 Å². The molecule has 3 nitrogen and oxygen atoms in total. The Kier molecular flexibility index (Phi) is 4.52. The molecule has 0 saturated heterocycles. The van der Waals surface area contributed by atoms with Crippen LogP contribution >= 0.6 is 47.8 Å². The van der Waals surface area contributed by atoms with E-state index in [4.69, 9.17) is 5.73 Å². The molecule has 0 radical (unpaired) electrons. The molecule has 18 heavy (non-hydrogen) atoms. The third kappa shape index (κ3) is 2.66. The molecule has 0 spiro atoms. The Balaban J connectivity index is 2.22. The Morgan fingerprint density at radius 2 is 1.83 bits per heavy atom. The number of carbonyl (C=O) groups excluding carboxylic acids is 1. The Hall–Kier alpha value is 0.0900. The summed E-state index contributed by atoms with van der Waals surface area (Å²) in [5.41, 5.74) is 6.12. The van der Waals surface area contributed by atoms with Gasteiger partial charge in [0.15, 0.2) is 0 Å². The lowest BCUT2D eigenvalue weighted by atomic mass is 9.68. The number of halogens is 3. The third-order valence-electron chi connectivity index (χ3n) is 3.43. The Bertz CT molecular complexity index is 458. The van der Waals surface area contributed by atoms with Crippen molar-refractivity contribution in [2.24, 2.45) is 11.1 Å². The standard InChI is InChI=1S/C12H13Br3N2O/c13-7-4-8(14)10(9(15)5-7)17-11(18)12(6-16)2-1-3-12/h4-5H,1-3,6,16H2,(H,17,18). The molecule has 1 fully saturated rings. The quantitative estimate of drug-likeness (QED) is 0.745. The summed E-state index contributed by atoms with van der Waals surface area (Å²) in [6, 6.07) is 3.80. The number of nitrogens with two attached hydrogens (primary N) is 1. The third-order valence-corrected chi connectivity index (χ3v) is 5.14. The molecular weight excluding hydrogens is 428 g/mol. The molecule has 1 aliphatic carbocycles. The average molecular weight is 441 g/mol. The van der Waals surface area contributed by atoms with Crippen molar-refractivity contribution in [2.45, 2.75) is 19.3 Å². The van der Waals surface area contributed by atoms with Crippen LogP contribution < -0.4 is 11.1 Å². The number of anilines is 1. The van der Waals surface area contributed by atoms with Crippen LogP contribution in [-0.4, -0.2) is 12.5 Å². The van der Waals surface area contributed by atoms with E-state index in [9.17, 15) is 4.79 Å². The van der Waals surface area contributed by atoms with Gasteiger partial charge in [-0.15, -0.1) is 0 Å². The van der Waals surface area contributed by atoms with Gasteiger partial charge in [-0.2, -0.15) is 0 Å². The zero-order chi connectivity index (χ0) is 13.3. The molecule has 0 aliphatic heterocycles. The zero-order valence-electron chi connectivity index (χ0n) is 9.60. The maximum atomic E-state index is 12.3. The average Bonchev–Trinajstić information content (AvgIpc) is 2.22. The molecule has 98 valence electrons. The van der Waals surface area contributed by atoms with Crippen molar-refractivity contribution >= 4 is 59.4 Å². The maximum Gasteiger partial charge on any atom is 0.231 e. The van der Waals surface area contributed by atoms with Crippen LogP contribution in [0.25, 0.3) is 0 Å².